The number of methoxy groups -OCH3 is 1. The second-order valence-electron chi connectivity index (χ2n) is 10.5. The molecular formula is C30H43IN2O8. The molecule has 0 radical (unpaired) electrons. The van der Waals surface area contributed by atoms with Crippen LogP contribution in [0.4, 0.5) is 0 Å². The van der Waals surface area contributed by atoms with Gasteiger partial charge in [0.15, 0.2) is 11.5 Å². The summed E-state index contributed by atoms with van der Waals surface area (Å²) in [6.45, 7) is 3.19. The Morgan fingerprint density at radius 1 is 1.24 bits per heavy atom. The smallest absolute Gasteiger partial charge is 0.247 e. The number of aldehydes is 1. The first kappa shape index (κ1) is 33.3. The molecule has 2 aliphatic rings. The van der Waals surface area contributed by atoms with E-state index >= 15 is 0 Å². The van der Waals surface area contributed by atoms with Gasteiger partial charge in [-0.25, -0.2) is 0 Å². The molecule has 3 N–H and O–H groups in total. The summed E-state index contributed by atoms with van der Waals surface area (Å²) in [5.41, 5.74) is 0.768. The highest BCUT2D eigenvalue weighted by Crippen LogP contribution is 2.37. The quantitative estimate of drug-likeness (QED) is 0.137. The monoisotopic (exact) mass is 686 g/mol. The van der Waals surface area contributed by atoms with E-state index in [2.05, 4.69) is 5.32 Å². The van der Waals surface area contributed by atoms with Gasteiger partial charge in [0.25, 0.3) is 0 Å². The Hall–Kier alpha value is -2.22. The molecule has 1 aromatic carbocycles. The van der Waals surface area contributed by atoms with Gasteiger partial charge >= 0.3 is 0 Å². The predicted molar refractivity (Wildman–Crippen MR) is 162 cm³/mol. The summed E-state index contributed by atoms with van der Waals surface area (Å²) in [7, 11) is 1.46. The standard InChI is InChI=1S/C30H43IN2O8/c1-3-40-14-6-12-33(27(36)10-9-20-7-4-5-8-20)24-17-22(30(38)32-11-13-34)18-25(28(24)37)41-29-23(31)15-21(19-35)16-26(29)39-2/h15-16,18-20,24-25,28,34,37H,3-14,17H2,1-2H3,(H,32,38)/t24-,25+,28+/m1/s1. The van der Waals surface area contributed by atoms with E-state index in [0.29, 0.717) is 71.0 Å². The van der Waals surface area contributed by atoms with Crippen molar-refractivity contribution in [3.8, 4) is 11.5 Å². The Labute approximate surface area is 255 Å². The SMILES string of the molecule is CCOCCCN(C(=O)CCC1CCCC1)[C@@H]1CC(C(=O)NCCO)=C[C@H](Oc2c(I)cc(C=O)cc2OC)[C@H]1O. The third-order valence-electron chi connectivity index (χ3n) is 7.71. The minimum absolute atomic E-state index is 0.0595. The van der Waals surface area contributed by atoms with Crippen LogP contribution in [0.15, 0.2) is 23.8 Å². The molecule has 228 valence electrons. The zero-order chi connectivity index (χ0) is 29.8. The fourth-order valence-corrected chi connectivity index (χ4v) is 6.32. The first-order valence-electron chi connectivity index (χ1n) is 14.5. The van der Waals surface area contributed by atoms with Crippen molar-refractivity contribution in [1.82, 2.24) is 10.2 Å². The molecule has 1 aromatic rings. The third-order valence-corrected chi connectivity index (χ3v) is 8.51. The summed E-state index contributed by atoms with van der Waals surface area (Å²) < 4.78 is 17.9. The number of hydrogen-bond donors (Lipinski definition) is 3. The number of halogens is 1. The maximum atomic E-state index is 13.7. The van der Waals surface area contributed by atoms with Crippen molar-refractivity contribution in [1.29, 1.82) is 0 Å². The lowest BCUT2D eigenvalue weighted by molar-refractivity contribution is -0.139. The van der Waals surface area contributed by atoms with Gasteiger partial charge in [0.05, 0.1) is 23.3 Å². The summed E-state index contributed by atoms with van der Waals surface area (Å²) in [5, 5.41) is 23.6. The van der Waals surface area contributed by atoms with Crippen LogP contribution in [0, 0.1) is 9.49 Å². The number of hydrogen-bond acceptors (Lipinski definition) is 8. The van der Waals surface area contributed by atoms with Crippen molar-refractivity contribution in [3.05, 3.63) is 32.9 Å². The number of ether oxygens (including phenoxy) is 3. The molecule has 3 rings (SSSR count). The number of aliphatic hydroxyl groups excluding tert-OH is 2. The molecule has 41 heavy (non-hydrogen) atoms. The highest BCUT2D eigenvalue weighted by molar-refractivity contribution is 14.1. The van der Waals surface area contributed by atoms with Crippen LogP contribution in [0.3, 0.4) is 0 Å². The molecule has 0 bridgehead atoms. The number of carbonyl (C=O) groups is 3. The lowest BCUT2D eigenvalue weighted by atomic mass is 9.87. The maximum absolute atomic E-state index is 13.7. The Morgan fingerprint density at radius 3 is 2.66 bits per heavy atom. The number of nitrogens with one attached hydrogen (secondary N) is 1. The average Bonchev–Trinajstić information content (AvgIpc) is 3.50. The lowest BCUT2D eigenvalue weighted by Gasteiger charge is -2.41. The molecule has 0 heterocycles. The zero-order valence-electron chi connectivity index (χ0n) is 24.0. The largest absolute Gasteiger partial charge is 0.493 e. The molecule has 3 atom stereocenters. The Bertz CT molecular complexity index is 1060. The number of carbonyl (C=O) groups excluding carboxylic acids is 3. The average molecular weight is 687 g/mol. The van der Waals surface area contributed by atoms with E-state index in [1.54, 1.807) is 23.1 Å². The third kappa shape index (κ3) is 9.39. The van der Waals surface area contributed by atoms with Crippen molar-refractivity contribution in [2.45, 2.75) is 76.5 Å². The Kier molecular flexibility index (Phi) is 13.8. The van der Waals surface area contributed by atoms with E-state index in [1.807, 2.05) is 29.5 Å². The normalized spacial score (nSPS) is 20.8. The first-order chi connectivity index (χ1) is 19.8. The van der Waals surface area contributed by atoms with Gasteiger partial charge in [0.2, 0.25) is 11.8 Å². The predicted octanol–water partition coefficient (Wildman–Crippen LogP) is 3.25. The van der Waals surface area contributed by atoms with Gasteiger partial charge in [-0.3, -0.25) is 14.4 Å². The number of amides is 2. The summed E-state index contributed by atoms with van der Waals surface area (Å²) >= 11 is 2.03. The Morgan fingerprint density at radius 2 is 2.00 bits per heavy atom. The Balaban J connectivity index is 1.92. The zero-order valence-corrected chi connectivity index (χ0v) is 26.1. The van der Waals surface area contributed by atoms with Crippen molar-refractivity contribution < 1.29 is 38.8 Å². The van der Waals surface area contributed by atoms with E-state index < -0.39 is 24.2 Å². The van der Waals surface area contributed by atoms with Gasteiger partial charge in [-0.1, -0.05) is 25.7 Å². The van der Waals surface area contributed by atoms with E-state index in [0.717, 1.165) is 19.3 Å². The van der Waals surface area contributed by atoms with Gasteiger partial charge in [-0.15, -0.1) is 0 Å². The van der Waals surface area contributed by atoms with E-state index in [-0.39, 0.29) is 25.5 Å². The van der Waals surface area contributed by atoms with E-state index in [1.165, 1.54) is 20.0 Å². The second kappa shape index (κ2) is 17.0. The van der Waals surface area contributed by atoms with Gasteiger partial charge in [-0.05, 0) is 66.5 Å². The fraction of sp³-hybridized carbons (Fsp3) is 0.633. The molecule has 1 saturated carbocycles. The van der Waals surface area contributed by atoms with E-state index in [4.69, 9.17) is 14.2 Å². The summed E-state index contributed by atoms with van der Waals surface area (Å²) in [4.78, 5) is 39.8. The summed E-state index contributed by atoms with van der Waals surface area (Å²) in [5.74, 6) is 0.727. The maximum Gasteiger partial charge on any atom is 0.247 e. The minimum Gasteiger partial charge on any atom is -0.493 e. The van der Waals surface area contributed by atoms with Crippen LogP contribution in [0.1, 0.15) is 68.6 Å². The van der Waals surface area contributed by atoms with E-state index in [9.17, 15) is 24.6 Å². The molecule has 0 aromatic heterocycles. The number of aliphatic hydroxyl groups is 2. The molecule has 0 spiro atoms. The van der Waals surface area contributed by atoms with Crippen LogP contribution in [-0.2, 0) is 14.3 Å². The first-order valence-corrected chi connectivity index (χ1v) is 15.5. The van der Waals surface area contributed by atoms with Crippen molar-refractivity contribution >= 4 is 40.7 Å². The molecule has 2 amide bonds. The highest BCUT2D eigenvalue weighted by atomic mass is 127. The van der Waals surface area contributed by atoms with Gasteiger partial charge in [0, 0.05) is 50.3 Å². The minimum atomic E-state index is -1.14. The molecule has 2 aliphatic carbocycles. The number of nitrogens with zero attached hydrogens (tertiary/aromatic N) is 1. The molecule has 11 heteroatoms. The van der Waals surface area contributed by atoms with Crippen LogP contribution in [-0.4, -0.2) is 91.5 Å². The van der Waals surface area contributed by atoms with Gasteiger partial charge in [-0.2, -0.15) is 0 Å². The number of benzene rings is 1. The number of rotatable bonds is 16. The second-order valence-corrected chi connectivity index (χ2v) is 11.7. The summed E-state index contributed by atoms with van der Waals surface area (Å²) in [6, 6.07) is 2.47. The lowest BCUT2D eigenvalue weighted by Crippen LogP contribution is -2.55. The molecule has 0 saturated heterocycles. The van der Waals surface area contributed by atoms with Crippen LogP contribution >= 0.6 is 22.6 Å². The topological polar surface area (TPSA) is 135 Å². The molecule has 10 nitrogen and oxygen atoms in total. The van der Waals surface area contributed by atoms with Crippen LogP contribution in [0.25, 0.3) is 0 Å². The van der Waals surface area contributed by atoms with Crippen molar-refractivity contribution in [2.24, 2.45) is 5.92 Å². The van der Waals surface area contributed by atoms with Crippen LogP contribution in [0.2, 0.25) is 0 Å². The van der Waals surface area contributed by atoms with Crippen LogP contribution in [0.5, 0.6) is 11.5 Å². The van der Waals surface area contributed by atoms with Crippen molar-refractivity contribution in [3.63, 3.8) is 0 Å². The summed E-state index contributed by atoms with van der Waals surface area (Å²) in [6.07, 6.45) is 6.75. The molecular weight excluding hydrogens is 643 g/mol. The fourth-order valence-electron chi connectivity index (χ4n) is 5.56. The molecule has 0 aliphatic heterocycles. The highest BCUT2D eigenvalue weighted by Gasteiger charge is 2.41. The van der Waals surface area contributed by atoms with Crippen LogP contribution < -0.4 is 14.8 Å². The van der Waals surface area contributed by atoms with Gasteiger partial charge < -0.3 is 34.6 Å². The van der Waals surface area contributed by atoms with Crippen molar-refractivity contribution in [2.75, 3.05) is 40.0 Å². The molecule has 0 unspecified atom stereocenters. The molecule has 1 fully saturated rings. The van der Waals surface area contributed by atoms with Gasteiger partial charge in [0.1, 0.15) is 18.5 Å².